The molecule has 0 saturated heterocycles. The summed E-state index contributed by atoms with van der Waals surface area (Å²) in [4.78, 5) is 25.4. The van der Waals surface area contributed by atoms with Gasteiger partial charge in [-0.15, -0.1) is 11.8 Å². The summed E-state index contributed by atoms with van der Waals surface area (Å²) in [6.45, 7) is 3.56. The number of carbonyl (C=O) groups is 2. The second kappa shape index (κ2) is 9.13. The van der Waals surface area contributed by atoms with Crippen LogP contribution in [0.3, 0.4) is 0 Å². The van der Waals surface area contributed by atoms with Crippen molar-refractivity contribution in [3.8, 4) is 5.75 Å². The van der Waals surface area contributed by atoms with Crippen LogP contribution >= 0.6 is 11.8 Å². The first-order chi connectivity index (χ1) is 12.0. The molecule has 1 atom stereocenters. The number of anilines is 1. The Balaban J connectivity index is 1.99. The lowest BCUT2D eigenvalue weighted by Crippen LogP contribution is -2.30. The molecule has 0 aromatic heterocycles. The van der Waals surface area contributed by atoms with Crippen LogP contribution in [0.4, 0.5) is 5.69 Å². The third-order valence-corrected chi connectivity index (χ3v) is 4.37. The number of ether oxygens (including phenoxy) is 2. The summed E-state index contributed by atoms with van der Waals surface area (Å²) in [7, 11) is 1.57. The van der Waals surface area contributed by atoms with Crippen LogP contribution in [0.15, 0.2) is 53.4 Å². The van der Waals surface area contributed by atoms with E-state index in [2.05, 4.69) is 5.32 Å². The first-order valence-electron chi connectivity index (χ1n) is 7.93. The van der Waals surface area contributed by atoms with Crippen LogP contribution in [0.2, 0.25) is 0 Å². The highest BCUT2D eigenvalue weighted by atomic mass is 32.2. The molecule has 6 heteroatoms. The number of nitrogens with one attached hydrogen (secondary N) is 1. The molecule has 25 heavy (non-hydrogen) atoms. The Labute approximate surface area is 151 Å². The lowest BCUT2D eigenvalue weighted by Gasteiger charge is -2.15. The van der Waals surface area contributed by atoms with Gasteiger partial charge in [-0.25, -0.2) is 4.79 Å². The largest absolute Gasteiger partial charge is 0.497 e. The van der Waals surface area contributed by atoms with Gasteiger partial charge in [-0.05, 0) is 49.1 Å². The molecule has 2 rings (SSSR count). The van der Waals surface area contributed by atoms with Gasteiger partial charge >= 0.3 is 5.97 Å². The highest BCUT2D eigenvalue weighted by molar-refractivity contribution is 7.99. The standard InChI is InChI=1S/C19H21NO4S/c1-4-25-17-8-6-5-7-16(17)19(22)24-13(2)18(21)20-14-9-11-15(23-3)12-10-14/h5-13H,4H2,1-3H3,(H,20,21)/t13-/m1/s1. The van der Waals surface area contributed by atoms with Crippen LogP contribution in [0, 0.1) is 0 Å². The number of rotatable bonds is 7. The molecule has 0 aliphatic heterocycles. The second-order valence-electron chi connectivity index (χ2n) is 5.19. The normalized spacial score (nSPS) is 11.5. The maximum absolute atomic E-state index is 12.4. The van der Waals surface area contributed by atoms with Crippen molar-refractivity contribution in [3.05, 3.63) is 54.1 Å². The van der Waals surface area contributed by atoms with Crippen LogP contribution in [0.1, 0.15) is 24.2 Å². The minimum atomic E-state index is -0.908. The highest BCUT2D eigenvalue weighted by Gasteiger charge is 2.20. The molecular weight excluding hydrogens is 338 g/mol. The van der Waals surface area contributed by atoms with E-state index in [-0.39, 0.29) is 5.91 Å². The molecule has 132 valence electrons. The van der Waals surface area contributed by atoms with E-state index in [1.54, 1.807) is 62.2 Å². The summed E-state index contributed by atoms with van der Waals surface area (Å²) >= 11 is 1.56. The second-order valence-corrected chi connectivity index (χ2v) is 6.50. The lowest BCUT2D eigenvalue weighted by molar-refractivity contribution is -0.123. The lowest BCUT2D eigenvalue weighted by atomic mass is 10.2. The number of hydrogen-bond acceptors (Lipinski definition) is 5. The number of thioether (sulfide) groups is 1. The van der Waals surface area contributed by atoms with Crippen molar-refractivity contribution < 1.29 is 19.1 Å². The molecule has 2 aromatic rings. The van der Waals surface area contributed by atoms with Gasteiger partial charge in [0.1, 0.15) is 5.75 Å². The number of methoxy groups -OCH3 is 1. The van der Waals surface area contributed by atoms with Gasteiger partial charge in [0.15, 0.2) is 6.10 Å². The van der Waals surface area contributed by atoms with Gasteiger partial charge in [0.25, 0.3) is 5.91 Å². The fourth-order valence-corrected chi connectivity index (χ4v) is 2.91. The average Bonchev–Trinajstić information content (AvgIpc) is 2.63. The van der Waals surface area contributed by atoms with Gasteiger partial charge in [0, 0.05) is 10.6 Å². The van der Waals surface area contributed by atoms with E-state index in [0.717, 1.165) is 10.6 Å². The minimum absolute atomic E-state index is 0.390. The Morgan fingerprint density at radius 3 is 2.44 bits per heavy atom. The molecule has 0 saturated carbocycles. The highest BCUT2D eigenvalue weighted by Crippen LogP contribution is 2.23. The van der Waals surface area contributed by atoms with Crippen LogP contribution in [-0.4, -0.2) is 30.8 Å². The summed E-state index contributed by atoms with van der Waals surface area (Å²) in [5, 5.41) is 2.71. The van der Waals surface area contributed by atoms with Crippen molar-refractivity contribution in [2.24, 2.45) is 0 Å². The van der Waals surface area contributed by atoms with Crippen molar-refractivity contribution in [2.75, 3.05) is 18.2 Å². The maximum atomic E-state index is 12.4. The van der Waals surface area contributed by atoms with Crippen LogP contribution in [0.25, 0.3) is 0 Å². The third kappa shape index (κ3) is 5.26. The minimum Gasteiger partial charge on any atom is -0.497 e. The zero-order valence-electron chi connectivity index (χ0n) is 14.4. The summed E-state index contributed by atoms with van der Waals surface area (Å²) in [5.41, 5.74) is 1.08. The number of carbonyl (C=O) groups excluding carboxylic acids is 2. The van der Waals surface area contributed by atoms with Crippen LogP contribution < -0.4 is 10.1 Å². The van der Waals surface area contributed by atoms with Gasteiger partial charge in [0.05, 0.1) is 12.7 Å². The molecule has 0 radical (unpaired) electrons. The van der Waals surface area contributed by atoms with Crippen LogP contribution in [0.5, 0.6) is 5.75 Å². The number of amides is 1. The van der Waals surface area contributed by atoms with Crippen molar-refractivity contribution in [2.45, 2.75) is 24.8 Å². The molecular formula is C19H21NO4S. The van der Waals surface area contributed by atoms with Crippen LogP contribution in [-0.2, 0) is 9.53 Å². The summed E-state index contributed by atoms with van der Waals surface area (Å²) in [6.07, 6.45) is -0.908. The molecule has 2 aromatic carbocycles. The predicted octanol–water partition coefficient (Wildman–Crippen LogP) is 3.99. The Hall–Kier alpha value is -2.47. The number of hydrogen-bond donors (Lipinski definition) is 1. The quantitative estimate of drug-likeness (QED) is 0.598. The zero-order chi connectivity index (χ0) is 18.2. The van der Waals surface area contributed by atoms with Crippen molar-refractivity contribution in [1.29, 1.82) is 0 Å². The van der Waals surface area contributed by atoms with Crippen molar-refractivity contribution in [1.82, 2.24) is 0 Å². The predicted molar refractivity (Wildman–Crippen MR) is 99.3 cm³/mol. The van der Waals surface area contributed by atoms with E-state index < -0.39 is 12.1 Å². The first kappa shape index (κ1) is 18.9. The molecule has 0 fully saturated rings. The van der Waals surface area contributed by atoms with Gasteiger partial charge < -0.3 is 14.8 Å². The van der Waals surface area contributed by atoms with Gasteiger partial charge in [-0.3, -0.25) is 4.79 Å². The molecule has 1 amide bonds. The van der Waals surface area contributed by atoms with E-state index in [1.807, 2.05) is 19.1 Å². The van der Waals surface area contributed by atoms with Crippen molar-refractivity contribution >= 4 is 29.3 Å². The SMILES string of the molecule is CCSc1ccccc1C(=O)O[C@H](C)C(=O)Nc1ccc(OC)cc1. The van der Waals surface area contributed by atoms with Gasteiger partial charge in [-0.1, -0.05) is 19.1 Å². The number of benzene rings is 2. The molecule has 5 nitrogen and oxygen atoms in total. The molecule has 0 unspecified atom stereocenters. The molecule has 0 spiro atoms. The smallest absolute Gasteiger partial charge is 0.340 e. The van der Waals surface area contributed by atoms with Gasteiger partial charge in [-0.2, -0.15) is 0 Å². The third-order valence-electron chi connectivity index (χ3n) is 3.42. The average molecular weight is 359 g/mol. The zero-order valence-corrected chi connectivity index (χ0v) is 15.3. The Bertz CT molecular complexity index is 730. The van der Waals surface area contributed by atoms with E-state index >= 15 is 0 Å². The molecule has 0 aliphatic carbocycles. The van der Waals surface area contributed by atoms with E-state index in [1.165, 1.54) is 0 Å². The van der Waals surface area contributed by atoms with E-state index in [4.69, 9.17) is 9.47 Å². The van der Waals surface area contributed by atoms with Crippen molar-refractivity contribution in [3.63, 3.8) is 0 Å². The fourth-order valence-electron chi connectivity index (χ4n) is 2.11. The topological polar surface area (TPSA) is 64.6 Å². The monoisotopic (exact) mass is 359 g/mol. The molecule has 0 bridgehead atoms. The summed E-state index contributed by atoms with van der Waals surface area (Å²) < 4.78 is 10.4. The Morgan fingerprint density at radius 1 is 1.12 bits per heavy atom. The fraction of sp³-hybridized carbons (Fsp3) is 0.263. The number of esters is 1. The maximum Gasteiger partial charge on any atom is 0.340 e. The van der Waals surface area contributed by atoms with E-state index in [0.29, 0.717) is 17.0 Å². The Morgan fingerprint density at radius 2 is 1.80 bits per heavy atom. The molecule has 0 aliphatic rings. The molecule has 1 N–H and O–H groups in total. The van der Waals surface area contributed by atoms with E-state index in [9.17, 15) is 9.59 Å². The summed E-state index contributed by atoms with van der Waals surface area (Å²) in [6, 6.07) is 14.1. The first-order valence-corrected chi connectivity index (χ1v) is 8.91. The van der Waals surface area contributed by atoms with Gasteiger partial charge in [0.2, 0.25) is 0 Å². The molecule has 0 heterocycles. The Kier molecular flexibility index (Phi) is 6.89. The summed E-state index contributed by atoms with van der Waals surface area (Å²) in [5.74, 6) is 0.647.